The van der Waals surface area contributed by atoms with Crippen molar-refractivity contribution in [2.24, 2.45) is 0 Å². The Balaban J connectivity index is 1.54. The molecule has 0 spiro atoms. The lowest BCUT2D eigenvalue weighted by Crippen LogP contribution is -1.99. The Morgan fingerprint density at radius 2 is 1.15 bits per heavy atom. The molecule has 6 aromatic carbocycles. The highest BCUT2D eigenvalue weighted by Gasteiger charge is 2.23. The molecular weight excluding hydrogens is 488 g/mol. The van der Waals surface area contributed by atoms with Crippen molar-refractivity contribution in [1.29, 1.82) is 0 Å². The van der Waals surface area contributed by atoms with Crippen LogP contribution in [0.3, 0.4) is 0 Å². The van der Waals surface area contributed by atoms with Gasteiger partial charge in [-0.15, -0.1) is 0 Å². The zero-order chi connectivity index (χ0) is 26.2. The van der Waals surface area contributed by atoms with E-state index in [1.54, 1.807) is 0 Å². The van der Waals surface area contributed by atoms with Crippen LogP contribution in [0.4, 0.5) is 0 Å². The van der Waals surface area contributed by atoms with Crippen LogP contribution < -0.4 is 0 Å². The molecule has 3 aromatic heterocycles. The first-order valence-corrected chi connectivity index (χ1v) is 13.6. The molecule has 3 nitrogen and oxygen atoms in total. The number of benzene rings is 6. The Morgan fingerprint density at radius 1 is 0.525 bits per heavy atom. The molecule has 0 saturated carbocycles. The van der Waals surface area contributed by atoms with Gasteiger partial charge in [-0.1, -0.05) is 109 Å². The number of aromatic nitrogens is 2. The van der Waals surface area contributed by atoms with Crippen molar-refractivity contribution in [3.63, 3.8) is 0 Å². The predicted octanol–water partition coefficient (Wildman–Crippen LogP) is 10.1. The fourth-order valence-electron chi connectivity index (χ4n) is 6.50. The zero-order valence-corrected chi connectivity index (χ0v) is 21.5. The predicted molar refractivity (Wildman–Crippen MR) is 166 cm³/mol. The van der Waals surface area contributed by atoms with Gasteiger partial charge in [0.05, 0.1) is 16.6 Å². The number of rotatable bonds is 2. The lowest BCUT2D eigenvalue weighted by molar-refractivity contribution is 0.671. The van der Waals surface area contributed by atoms with E-state index >= 15 is 0 Å². The molecule has 0 fully saturated rings. The molecule has 40 heavy (non-hydrogen) atoms. The lowest BCUT2D eigenvalue weighted by Gasteiger charge is -2.13. The molecule has 0 saturated heterocycles. The van der Waals surface area contributed by atoms with Crippen LogP contribution in [0.1, 0.15) is 0 Å². The van der Waals surface area contributed by atoms with E-state index in [0.29, 0.717) is 0 Å². The summed E-state index contributed by atoms with van der Waals surface area (Å²) in [5.41, 5.74) is 7.23. The molecule has 186 valence electrons. The molecule has 0 unspecified atom stereocenters. The summed E-state index contributed by atoms with van der Waals surface area (Å²) in [7, 11) is 0. The van der Waals surface area contributed by atoms with E-state index < -0.39 is 0 Å². The van der Waals surface area contributed by atoms with E-state index in [0.717, 1.165) is 55.3 Å². The molecule has 9 aromatic rings. The zero-order valence-electron chi connectivity index (χ0n) is 21.5. The van der Waals surface area contributed by atoms with Gasteiger partial charge in [0.25, 0.3) is 0 Å². The van der Waals surface area contributed by atoms with Crippen LogP contribution in [-0.4, -0.2) is 9.55 Å². The van der Waals surface area contributed by atoms with Crippen LogP contribution in [0, 0.1) is 0 Å². The normalized spacial score (nSPS) is 12.0. The highest BCUT2D eigenvalue weighted by atomic mass is 16.3. The van der Waals surface area contributed by atoms with E-state index in [9.17, 15) is 0 Å². The van der Waals surface area contributed by atoms with Gasteiger partial charge < -0.3 is 4.42 Å². The minimum Gasteiger partial charge on any atom is -0.454 e. The monoisotopic (exact) mass is 510 g/mol. The number of pyridine rings is 1. The fraction of sp³-hybridized carbons (Fsp3) is 0. The SMILES string of the molecule is c1ccc(-c2cc(-n3c4ccccc4c4c5ccccc5c5c6ccccc6oc5c43)nc3ccccc23)cc1. The van der Waals surface area contributed by atoms with Crippen LogP contribution in [0.15, 0.2) is 138 Å². The third-order valence-electron chi connectivity index (χ3n) is 8.17. The van der Waals surface area contributed by atoms with Crippen molar-refractivity contribution in [2.75, 3.05) is 0 Å². The first-order chi connectivity index (χ1) is 19.9. The van der Waals surface area contributed by atoms with Crippen LogP contribution in [0.5, 0.6) is 0 Å². The number of para-hydroxylation sites is 3. The first kappa shape index (κ1) is 21.5. The number of nitrogens with zero attached hydrogens (tertiary/aromatic N) is 2. The molecule has 0 N–H and O–H groups in total. The van der Waals surface area contributed by atoms with Crippen LogP contribution >= 0.6 is 0 Å². The molecule has 3 heterocycles. The number of fused-ring (bicyclic) bond motifs is 11. The Hall–Kier alpha value is -5.41. The summed E-state index contributed by atoms with van der Waals surface area (Å²) in [6.45, 7) is 0. The van der Waals surface area contributed by atoms with Gasteiger partial charge in [0.2, 0.25) is 0 Å². The Bertz CT molecular complexity index is 2430. The average molecular weight is 511 g/mol. The van der Waals surface area contributed by atoms with Gasteiger partial charge in [0, 0.05) is 26.9 Å². The van der Waals surface area contributed by atoms with Gasteiger partial charge in [-0.05, 0) is 46.2 Å². The fourth-order valence-corrected chi connectivity index (χ4v) is 6.50. The highest BCUT2D eigenvalue weighted by molar-refractivity contribution is 6.35. The summed E-state index contributed by atoms with van der Waals surface area (Å²) < 4.78 is 9.03. The molecule has 0 aliphatic carbocycles. The van der Waals surface area contributed by atoms with Crippen molar-refractivity contribution < 1.29 is 4.42 Å². The van der Waals surface area contributed by atoms with Crippen LogP contribution in [-0.2, 0) is 0 Å². The highest BCUT2D eigenvalue weighted by Crippen LogP contribution is 2.45. The molecule has 0 radical (unpaired) electrons. The van der Waals surface area contributed by atoms with Gasteiger partial charge in [-0.2, -0.15) is 0 Å². The maximum absolute atomic E-state index is 6.72. The Labute approximate surface area is 229 Å². The molecule has 0 bridgehead atoms. The quantitative estimate of drug-likeness (QED) is 0.232. The van der Waals surface area contributed by atoms with Gasteiger partial charge in [-0.25, -0.2) is 4.98 Å². The molecule has 3 heteroatoms. The maximum atomic E-state index is 6.72. The van der Waals surface area contributed by atoms with E-state index in [1.807, 2.05) is 6.07 Å². The summed E-state index contributed by atoms with van der Waals surface area (Å²) in [6.07, 6.45) is 0. The topological polar surface area (TPSA) is 31.0 Å². The first-order valence-electron chi connectivity index (χ1n) is 13.6. The molecule has 0 aliphatic heterocycles. The molecule has 9 rings (SSSR count). The van der Waals surface area contributed by atoms with Crippen molar-refractivity contribution in [1.82, 2.24) is 9.55 Å². The second kappa shape index (κ2) is 8.05. The average Bonchev–Trinajstić information content (AvgIpc) is 3.58. The van der Waals surface area contributed by atoms with E-state index in [1.165, 1.54) is 27.1 Å². The Morgan fingerprint density at radius 3 is 1.98 bits per heavy atom. The van der Waals surface area contributed by atoms with E-state index in [4.69, 9.17) is 9.40 Å². The summed E-state index contributed by atoms with van der Waals surface area (Å²) in [4.78, 5) is 5.27. The number of hydrogen-bond acceptors (Lipinski definition) is 2. The van der Waals surface area contributed by atoms with Gasteiger partial charge >= 0.3 is 0 Å². The molecule has 0 amide bonds. The van der Waals surface area contributed by atoms with E-state index in [-0.39, 0.29) is 0 Å². The van der Waals surface area contributed by atoms with E-state index in [2.05, 4.69) is 132 Å². The van der Waals surface area contributed by atoms with Gasteiger partial charge in [0.15, 0.2) is 5.58 Å². The van der Waals surface area contributed by atoms with Crippen molar-refractivity contribution >= 4 is 65.4 Å². The van der Waals surface area contributed by atoms with Crippen molar-refractivity contribution in [3.8, 4) is 16.9 Å². The summed E-state index contributed by atoms with van der Waals surface area (Å²) in [6, 6.07) is 46.9. The lowest BCUT2D eigenvalue weighted by atomic mass is 9.99. The standard InChI is InChI=1S/C37H22N2O/c1-2-12-23(13-3-1)29-22-33(38-30-19-9-6-14-24(29)30)39-31-20-10-7-17-27(31)34-25-15-4-5-16-26(25)35-28-18-8-11-21-32(28)40-37(35)36(34)39/h1-22H. The minimum atomic E-state index is 0.876. The van der Waals surface area contributed by atoms with Gasteiger partial charge in [0.1, 0.15) is 11.4 Å². The third kappa shape index (κ3) is 2.86. The largest absolute Gasteiger partial charge is 0.454 e. The third-order valence-corrected chi connectivity index (χ3v) is 8.17. The number of hydrogen-bond donors (Lipinski definition) is 0. The molecular formula is C37H22N2O. The second-order valence-corrected chi connectivity index (χ2v) is 10.3. The molecule has 0 atom stereocenters. The smallest absolute Gasteiger partial charge is 0.160 e. The van der Waals surface area contributed by atoms with Crippen molar-refractivity contribution in [3.05, 3.63) is 133 Å². The van der Waals surface area contributed by atoms with Crippen molar-refractivity contribution in [2.45, 2.75) is 0 Å². The minimum absolute atomic E-state index is 0.876. The second-order valence-electron chi connectivity index (χ2n) is 10.3. The maximum Gasteiger partial charge on any atom is 0.160 e. The van der Waals surface area contributed by atoms with Crippen LogP contribution in [0.25, 0.3) is 82.4 Å². The summed E-state index contributed by atoms with van der Waals surface area (Å²) >= 11 is 0. The molecule has 0 aliphatic rings. The number of furan rings is 1. The summed E-state index contributed by atoms with van der Waals surface area (Å²) in [5.74, 6) is 0.876. The Kier molecular flexibility index (Phi) is 4.33. The van der Waals surface area contributed by atoms with Crippen LogP contribution in [0.2, 0.25) is 0 Å². The van der Waals surface area contributed by atoms with Gasteiger partial charge in [-0.3, -0.25) is 4.57 Å². The summed E-state index contributed by atoms with van der Waals surface area (Å²) in [5, 5.41) is 8.21.